The van der Waals surface area contributed by atoms with E-state index >= 15 is 0 Å². The van der Waals surface area contributed by atoms with E-state index in [1.807, 2.05) is 20.8 Å². The molecule has 150 valence electrons. The number of benzene rings is 1. The first kappa shape index (κ1) is 23.3. The average molecular weight is 416 g/mol. The number of nitrogens with zero attached hydrogens (tertiary/aromatic N) is 1. The average Bonchev–Trinajstić information content (AvgIpc) is 2.57. The van der Waals surface area contributed by atoms with Crippen molar-refractivity contribution < 1.29 is 19.1 Å². The van der Waals surface area contributed by atoms with E-state index in [1.54, 1.807) is 13.1 Å². The number of hydrogen-bond donors (Lipinski definition) is 0. The maximum absolute atomic E-state index is 12.5. The zero-order valence-corrected chi connectivity index (χ0v) is 17.8. The highest BCUT2D eigenvalue weighted by molar-refractivity contribution is 6.42. The second-order valence-corrected chi connectivity index (χ2v) is 7.96. The molecule has 1 aromatic rings. The minimum Gasteiger partial charge on any atom is -0.489 e. The predicted molar refractivity (Wildman–Crippen MR) is 109 cm³/mol. The summed E-state index contributed by atoms with van der Waals surface area (Å²) in [6, 6.07) is 3.06. The second kappa shape index (κ2) is 10.6. The van der Waals surface area contributed by atoms with Gasteiger partial charge in [-0.1, -0.05) is 35.9 Å². The second-order valence-electron chi connectivity index (χ2n) is 7.14. The van der Waals surface area contributed by atoms with E-state index in [1.165, 1.54) is 17.0 Å². The first-order chi connectivity index (χ1) is 12.5. The fourth-order valence-electron chi connectivity index (χ4n) is 2.21. The molecule has 0 N–H and O–H groups in total. The standard InChI is InChI=1S/C20H27Cl2NO4/c1-6-11-26-18-13-16(22)15(21)12-14(18)17(24)9-7-8-10-23(5)19(25)27-20(2,3)4/h6,12-13H,1,7-11H2,2-5H3. The Balaban J connectivity index is 2.59. The molecule has 0 unspecified atom stereocenters. The Kier molecular flexibility index (Phi) is 9.13. The largest absolute Gasteiger partial charge is 0.489 e. The number of rotatable bonds is 9. The maximum Gasteiger partial charge on any atom is 0.410 e. The number of ether oxygens (including phenoxy) is 2. The quantitative estimate of drug-likeness (QED) is 0.291. The highest BCUT2D eigenvalue weighted by atomic mass is 35.5. The molecule has 0 bridgehead atoms. The van der Waals surface area contributed by atoms with Crippen molar-refractivity contribution in [3.63, 3.8) is 0 Å². The molecule has 0 atom stereocenters. The van der Waals surface area contributed by atoms with E-state index in [4.69, 9.17) is 32.7 Å². The molecule has 0 aliphatic carbocycles. The number of halogens is 2. The SMILES string of the molecule is C=CCOc1cc(Cl)c(Cl)cc1C(=O)CCCCN(C)C(=O)OC(C)(C)C. The van der Waals surface area contributed by atoms with Crippen LogP contribution in [-0.4, -0.2) is 42.6 Å². The predicted octanol–water partition coefficient (Wildman–Crippen LogP) is 5.78. The molecule has 27 heavy (non-hydrogen) atoms. The zero-order chi connectivity index (χ0) is 20.6. The summed E-state index contributed by atoms with van der Waals surface area (Å²) in [5.41, 5.74) is -0.136. The monoisotopic (exact) mass is 415 g/mol. The fraction of sp³-hybridized carbons (Fsp3) is 0.500. The van der Waals surface area contributed by atoms with Crippen molar-refractivity contribution in [3.8, 4) is 5.75 Å². The minimum atomic E-state index is -0.531. The fourth-order valence-corrected chi connectivity index (χ4v) is 2.53. The number of unbranched alkanes of at least 4 members (excludes halogenated alkanes) is 1. The summed E-state index contributed by atoms with van der Waals surface area (Å²) in [6.07, 6.45) is 2.81. The summed E-state index contributed by atoms with van der Waals surface area (Å²) in [5, 5.41) is 0.627. The molecule has 0 fully saturated rings. The molecule has 1 rings (SSSR count). The van der Waals surface area contributed by atoms with E-state index < -0.39 is 5.60 Å². The van der Waals surface area contributed by atoms with Crippen molar-refractivity contribution in [1.29, 1.82) is 0 Å². The van der Waals surface area contributed by atoms with Gasteiger partial charge in [0.25, 0.3) is 0 Å². The topological polar surface area (TPSA) is 55.8 Å². The number of carbonyl (C=O) groups is 2. The molecule has 0 saturated carbocycles. The van der Waals surface area contributed by atoms with E-state index in [9.17, 15) is 9.59 Å². The molecule has 0 saturated heterocycles. The molecule has 1 aromatic carbocycles. The van der Waals surface area contributed by atoms with Crippen LogP contribution in [0.25, 0.3) is 0 Å². The van der Waals surface area contributed by atoms with Gasteiger partial charge in [0.05, 0.1) is 15.6 Å². The summed E-state index contributed by atoms with van der Waals surface area (Å²) < 4.78 is 10.8. The Labute approximate surface area is 171 Å². The molecule has 0 aliphatic heterocycles. The number of hydrogen-bond acceptors (Lipinski definition) is 4. The van der Waals surface area contributed by atoms with Crippen LogP contribution in [0.3, 0.4) is 0 Å². The summed E-state index contributed by atoms with van der Waals surface area (Å²) >= 11 is 12.0. The maximum atomic E-state index is 12.5. The van der Waals surface area contributed by atoms with Gasteiger partial charge in [0, 0.05) is 26.1 Å². The third-order valence-electron chi connectivity index (χ3n) is 3.53. The van der Waals surface area contributed by atoms with Crippen LogP contribution < -0.4 is 4.74 Å². The van der Waals surface area contributed by atoms with Gasteiger partial charge in [-0.05, 0) is 39.7 Å². The van der Waals surface area contributed by atoms with Crippen LogP contribution in [0.2, 0.25) is 10.0 Å². The summed E-state index contributed by atoms with van der Waals surface area (Å²) in [5.74, 6) is 0.299. The van der Waals surface area contributed by atoms with E-state index in [-0.39, 0.29) is 18.5 Å². The zero-order valence-electron chi connectivity index (χ0n) is 16.3. The number of Topliss-reactive ketones (excluding diaryl/α,β-unsaturated/α-hetero) is 1. The Hall–Kier alpha value is -1.72. The van der Waals surface area contributed by atoms with Crippen molar-refractivity contribution in [2.24, 2.45) is 0 Å². The molecule has 0 radical (unpaired) electrons. The highest BCUT2D eigenvalue weighted by Gasteiger charge is 2.20. The van der Waals surface area contributed by atoms with Gasteiger partial charge >= 0.3 is 6.09 Å². The van der Waals surface area contributed by atoms with Gasteiger partial charge in [0.15, 0.2) is 5.78 Å². The van der Waals surface area contributed by atoms with Crippen molar-refractivity contribution in [1.82, 2.24) is 4.90 Å². The van der Waals surface area contributed by atoms with Crippen LogP contribution in [0.1, 0.15) is 50.4 Å². The van der Waals surface area contributed by atoms with Crippen molar-refractivity contribution in [2.75, 3.05) is 20.2 Å². The van der Waals surface area contributed by atoms with Crippen LogP contribution in [0.5, 0.6) is 5.75 Å². The molecular formula is C20H27Cl2NO4. The first-order valence-corrected chi connectivity index (χ1v) is 9.50. The normalized spacial score (nSPS) is 11.0. The summed E-state index contributed by atoms with van der Waals surface area (Å²) in [7, 11) is 1.68. The van der Waals surface area contributed by atoms with Crippen molar-refractivity contribution in [2.45, 2.75) is 45.6 Å². The smallest absolute Gasteiger partial charge is 0.410 e. The van der Waals surface area contributed by atoms with Crippen LogP contribution in [0.4, 0.5) is 4.79 Å². The van der Waals surface area contributed by atoms with E-state index in [2.05, 4.69) is 6.58 Å². The minimum absolute atomic E-state index is 0.0902. The van der Waals surface area contributed by atoms with E-state index in [0.29, 0.717) is 47.2 Å². The molecular weight excluding hydrogens is 389 g/mol. The lowest BCUT2D eigenvalue weighted by molar-refractivity contribution is 0.0296. The van der Waals surface area contributed by atoms with Gasteiger partial charge in [-0.25, -0.2) is 4.79 Å². The Morgan fingerprint density at radius 3 is 2.41 bits per heavy atom. The number of ketones is 1. The lowest BCUT2D eigenvalue weighted by Crippen LogP contribution is -2.34. The Morgan fingerprint density at radius 2 is 1.81 bits per heavy atom. The molecule has 5 nitrogen and oxygen atoms in total. The van der Waals surface area contributed by atoms with Gasteiger partial charge in [-0.15, -0.1) is 0 Å². The van der Waals surface area contributed by atoms with Crippen LogP contribution in [-0.2, 0) is 4.74 Å². The highest BCUT2D eigenvalue weighted by Crippen LogP contribution is 2.31. The summed E-state index contributed by atoms with van der Waals surface area (Å²) in [4.78, 5) is 26.0. The summed E-state index contributed by atoms with van der Waals surface area (Å²) in [6.45, 7) is 9.82. The molecule has 7 heteroatoms. The number of carbonyl (C=O) groups excluding carboxylic acids is 2. The van der Waals surface area contributed by atoms with Gasteiger partial charge in [0.1, 0.15) is 18.0 Å². The first-order valence-electron chi connectivity index (χ1n) is 8.75. The molecule has 0 aromatic heterocycles. The van der Waals surface area contributed by atoms with Gasteiger partial charge in [-0.3, -0.25) is 4.79 Å². The van der Waals surface area contributed by atoms with Crippen LogP contribution in [0.15, 0.2) is 24.8 Å². The Morgan fingerprint density at radius 1 is 1.19 bits per heavy atom. The number of amides is 1. The van der Waals surface area contributed by atoms with Gasteiger partial charge in [-0.2, -0.15) is 0 Å². The third kappa shape index (κ3) is 8.22. The molecule has 1 amide bonds. The van der Waals surface area contributed by atoms with Crippen LogP contribution in [0, 0.1) is 0 Å². The van der Waals surface area contributed by atoms with Crippen molar-refractivity contribution >= 4 is 35.1 Å². The van der Waals surface area contributed by atoms with Crippen molar-refractivity contribution in [3.05, 3.63) is 40.4 Å². The van der Waals surface area contributed by atoms with Gasteiger partial charge < -0.3 is 14.4 Å². The van der Waals surface area contributed by atoms with Crippen LogP contribution >= 0.6 is 23.2 Å². The lowest BCUT2D eigenvalue weighted by Gasteiger charge is -2.24. The Bertz CT molecular complexity index is 683. The molecule has 0 heterocycles. The molecule has 0 spiro atoms. The molecule has 0 aliphatic rings. The lowest BCUT2D eigenvalue weighted by atomic mass is 10.0. The van der Waals surface area contributed by atoms with Gasteiger partial charge in [0.2, 0.25) is 0 Å². The van der Waals surface area contributed by atoms with E-state index in [0.717, 1.165) is 0 Å². The third-order valence-corrected chi connectivity index (χ3v) is 4.25.